The van der Waals surface area contributed by atoms with E-state index in [-0.39, 0.29) is 36.8 Å². The Labute approximate surface area is 119 Å². The SMILES string of the molecule is CCOC(=O)CCC(=O)Cc1nc2ccc(F)cc2s1. The number of carbonyl (C=O) groups excluding carboxylic acids is 2. The molecule has 1 aromatic carbocycles. The number of rotatable bonds is 6. The molecule has 0 amide bonds. The average molecular weight is 295 g/mol. The van der Waals surface area contributed by atoms with E-state index in [0.29, 0.717) is 17.1 Å². The van der Waals surface area contributed by atoms with Crippen molar-refractivity contribution < 1.29 is 18.7 Å². The number of Topliss-reactive ketones (excluding diaryl/α,β-unsaturated/α-hetero) is 1. The Kier molecular flexibility index (Phi) is 4.79. The number of thiazole rings is 1. The Balaban J connectivity index is 1.94. The standard InChI is InChI=1S/C14H14FNO3S/c1-2-19-14(18)6-4-10(17)8-13-16-11-5-3-9(15)7-12(11)20-13/h3,5,7H,2,4,6,8H2,1H3. The summed E-state index contributed by atoms with van der Waals surface area (Å²) in [5.41, 5.74) is 0.685. The molecule has 1 aromatic heterocycles. The molecule has 0 atom stereocenters. The number of hydrogen-bond donors (Lipinski definition) is 0. The molecule has 0 radical (unpaired) electrons. The fourth-order valence-corrected chi connectivity index (χ4v) is 2.77. The fraction of sp³-hybridized carbons (Fsp3) is 0.357. The Bertz CT molecular complexity index is 638. The first kappa shape index (κ1) is 14.6. The molecule has 4 nitrogen and oxygen atoms in total. The maximum absolute atomic E-state index is 13.1. The molecule has 0 unspecified atom stereocenters. The van der Waals surface area contributed by atoms with Gasteiger partial charge in [-0.05, 0) is 25.1 Å². The van der Waals surface area contributed by atoms with Crippen molar-refractivity contribution in [2.45, 2.75) is 26.2 Å². The maximum Gasteiger partial charge on any atom is 0.306 e. The van der Waals surface area contributed by atoms with Gasteiger partial charge in [0.2, 0.25) is 0 Å². The molecule has 0 bridgehead atoms. The maximum atomic E-state index is 13.1. The lowest BCUT2D eigenvalue weighted by molar-refractivity contribution is -0.144. The highest BCUT2D eigenvalue weighted by atomic mass is 32.1. The summed E-state index contributed by atoms with van der Waals surface area (Å²) < 4.78 is 18.5. The van der Waals surface area contributed by atoms with Crippen LogP contribution >= 0.6 is 11.3 Å². The van der Waals surface area contributed by atoms with Gasteiger partial charge in [-0.2, -0.15) is 0 Å². The molecule has 0 aliphatic rings. The van der Waals surface area contributed by atoms with Gasteiger partial charge >= 0.3 is 5.97 Å². The lowest BCUT2D eigenvalue weighted by Gasteiger charge is -2.00. The fourth-order valence-electron chi connectivity index (χ4n) is 1.75. The van der Waals surface area contributed by atoms with Gasteiger partial charge in [0.15, 0.2) is 0 Å². The van der Waals surface area contributed by atoms with E-state index in [9.17, 15) is 14.0 Å². The third kappa shape index (κ3) is 3.84. The Hall–Kier alpha value is -1.82. The lowest BCUT2D eigenvalue weighted by Crippen LogP contribution is -2.09. The van der Waals surface area contributed by atoms with E-state index in [0.717, 1.165) is 4.70 Å². The minimum absolute atomic E-state index is 0.0717. The molecule has 6 heteroatoms. The molecule has 0 spiro atoms. The van der Waals surface area contributed by atoms with Gasteiger partial charge in [0.1, 0.15) is 16.6 Å². The predicted octanol–water partition coefficient (Wildman–Crippen LogP) is 2.89. The van der Waals surface area contributed by atoms with Crippen LogP contribution < -0.4 is 0 Å². The third-order valence-corrected chi connectivity index (χ3v) is 3.67. The Morgan fingerprint density at radius 1 is 1.35 bits per heavy atom. The number of ether oxygens (including phenoxy) is 1. The van der Waals surface area contributed by atoms with Crippen LogP contribution in [0.5, 0.6) is 0 Å². The summed E-state index contributed by atoms with van der Waals surface area (Å²) in [6, 6.07) is 4.34. The van der Waals surface area contributed by atoms with Crippen LogP contribution in [0.15, 0.2) is 18.2 Å². The Morgan fingerprint density at radius 2 is 2.15 bits per heavy atom. The molecule has 106 valence electrons. The van der Waals surface area contributed by atoms with Crippen LogP contribution in [0.2, 0.25) is 0 Å². The van der Waals surface area contributed by atoms with Crippen LogP contribution in [0.4, 0.5) is 4.39 Å². The van der Waals surface area contributed by atoms with Crippen LogP contribution in [-0.2, 0) is 20.7 Å². The van der Waals surface area contributed by atoms with Gasteiger partial charge < -0.3 is 4.74 Å². The summed E-state index contributed by atoms with van der Waals surface area (Å²) in [5, 5.41) is 0.638. The van der Waals surface area contributed by atoms with Gasteiger partial charge in [-0.3, -0.25) is 9.59 Å². The molecule has 0 aliphatic heterocycles. The van der Waals surface area contributed by atoms with Crippen molar-refractivity contribution >= 4 is 33.3 Å². The second kappa shape index (κ2) is 6.56. The normalized spacial score (nSPS) is 10.7. The highest BCUT2D eigenvalue weighted by molar-refractivity contribution is 7.18. The van der Waals surface area contributed by atoms with Crippen LogP contribution in [0.3, 0.4) is 0 Å². The number of ketones is 1. The zero-order valence-electron chi connectivity index (χ0n) is 11.0. The van der Waals surface area contributed by atoms with Crippen molar-refractivity contribution in [2.75, 3.05) is 6.61 Å². The molecule has 0 fully saturated rings. The van der Waals surface area contributed by atoms with E-state index in [2.05, 4.69) is 4.98 Å². The van der Waals surface area contributed by atoms with Crippen molar-refractivity contribution in [3.8, 4) is 0 Å². The monoisotopic (exact) mass is 295 g/mol. The quantitative estimate of drug-likeness (QED) is 0.769. The van der Waals surface area contributed by atoms with E-state index < -0.39 is 0 Å². The zero-order valence-corrected chi connectivity index (χ0v) is 11.8. The number of benzene rings is 1. The Morgan fingerprint density at radius 3 is 2.90 bits per heavy atom. The van der Waals surface area contributed by atoms with Crippen LogP contribution in [0.25, 0.3) is 10.2 Å². The van der Waals surface area contributed by atoms with Gasteiger partial charge in [0, 0.05) is 6.42 Å². The van der Waals surface area contributed by atoms with Crippen molar-refractivity contribution in [3.05, 3.63) is 29.0 Å². The highest BCUT2D eigenvalue weighted by Crippen LogP contribution is 2.23. The first-order valence-electron chi connectivity index (χ1n) is 6.30. The van der Waals surface area contributed by atoms with Gasteiger partial charge in [0.25, 0.3) is 0 Å². The van der Waals surface area contributed by atoms with Gasteiger partial charge in [-0.25, -0.2) is 9.37 Å². The second-order valence-electron chi connectivity index (χ2n) is 4.24. The number of carbonyl (C=O) groups is 2. The van der Waals surface area contributed by atoms with Gasteiger partial charge in [0.05, 0.1) is 29.7 Å². The first-order chi connectivity index (χ1) is 9.58. The van der Waals surface area contributed by atoms with Crippen molar-refractivity contribution in [2.24, 2.45) is 0 Å². The number of halogens is 1. The highest BCUT2D eigenvalue weighted by Gasteiger charge is 2.12. The molecule has 2 rings (SSSR count). The van der Waals surface area contributed by atoms with Crippen molar-refractivity contribution in [1.29, 1.82) is 0 Å². The largest absolute Gasteiger partial charge is 0.466 e. The predicted molar refractivity (Wildman–Crippen MR) is 74.2 cm³/mol. The molecule has 20 heavy (non-hydrogen) atoms. The molecular weight excluding hydrogens is 281 g/mol. The van der Waals surface area contributed by atoms with Crippen LogP contribution in [0, 0.1) is 5.82 Å². The molecule has 2 aromatic rings. The number of aromatic nitrogens is 1. The molecule has 0 aliphatic carbocycles. The topological polar surface area (TPSA) is 56.3 Å². The summed E-state index contributed by atoms with van der Waals surface area (Å²) in [6.45, 7) is 2.04. The first-order valence-corrected chi connectivity index (χ1v) is 7.12. The summed E-state index contributed by atoms with van der Waals surface area (Å²) in [4.78, 5) is 27.2. The van der Waals surface area contributed by atoms with Crippen molar-refractivity contribution in [3.63, 3.8) is 0 Å². The van der Waals surface area contributed by atoms with E-state index in [4.69, 9.17) is 4.74 Å². The molecular formula is C14H14FNO3S. The van der Waals surface area contributed by atoms with Crippen LogP contribution in [0.1, 0.15) is 24.8 Å². The second-order valence-corrected chi connectivity index (χ2v) is 5.36. The van der Waals surface area contributed by atoms with Gasteiger partial charge in [-0.1, -0.05) is 0 Å². The molecule has 1 heterocycles. The summed E-state index contributed by atoms with van der Waals surface area (Å²) in [6.07, 6.45) is 0.398. The number of esters is 1. The van der Waals surface area contributed by atoms with Crippen molar-refractivity contribution in [1.82, 2.24) is 4.98 Å². The zero-order chi connectivity index (χ0) is 14.5. The molecule has 0 saturated carbocycles. The average Bonchev–Trinajstić information content (AvgIpc) is 2.78. The number of hydrogen-bond acceptors (Lipinski definition) is 5. The molecule has 0 N–H and O–H groups in total. The summed E-state index contributed by atoms with van der Waals surface area (Å²) in [5.74, 6) is -0.758. The van der Waals surface area contributed by atoms with E-state index in [1.807, 2.05) is 0 Å². The summed E-state index contributed by atoms with van der Waals surface area (Å²) in [7, 11) is 0. The van der Waals surface area contributed by atoms with Crippen LogP contribution in [-0.4, -0.2) is 23.3 Å². The van der Waals surface area contributed by atoms with E-state index >= 15 is 0 Å². The minimum atomic E-state index is -0.368. The van der Waals surface area contributed by atoms with E-state index in [1.165, 1.54) is 23.5 Å². The smallest absolute Gasteiger partial charge is 0.306 e. The lowest BCUT2D eigenvalue weighted by atomic mass is 10.2. The van der Waals surface area contributed by atoms with E-state index in [1.54, 1.807) is 13.0 Å². The third-order valence-electron chi connectivity index (χ3n) is 2.66. The summed E-state index contributed by atoms with van der Waals surface area (Å²) >= 11 is 1.30. The molecule has 0 saturated heterocycles. The van der Waals surface area contributed by atoms with Gasteiger partial charge in [-0.15, -0.1) is 11.3 Å². The number of fused-ring (bicyclic) bond motifs is 1. The minimum Gasteiger partial charge on any atom is -0.466 e. The number of nitrogens with zero attached hydrogens (tertiary/aromatic N) is 1.